The molecule has 3 aromatic heterocycles. The van der Waals surface area contributed by atoms with Crippen LogP contribution in [0.4, 0.5) is 5.82 Å². The number of nitrogens with two attached hydrogens (primary N) is 1. The number of nitrogens with zero attached hydrogens (tertiary/aromatic N) is 6. The summed E-state index contributed by atoms with van der Waals surface area (Å²) in [7, 11) is 2.93. The number of aryl methyl sites for hydroxylation is 1. The lowest BCUT2D eigenvalue weighted by Crippen LogP contribution is -2.37. The molecular weight excluding hydrogens is 358 g/mol. The van der Waals surface area contributed by atoms with Crippen LogP contribution in [0.15, 0.2) is 33.9 Å². The molecule has 10 heteroatoms. The first kappa shape index (κ1) is 16.3. The Hall–Kier alpha value is -3.20. The Labute approximate surface area is 151 Å². The van der Waals surface area contributed by atoms with Gasteiger partial charge in [-0.3, -0.25) is 13.9 Å². The summed E-state index contributed by atoms with van der Waals surface area (Å²) in [6.07, 6.45) is 0. The highest BCUT2D eigenvalue weighted by molar-refractivity contribution is 6.29. The second-order valence-corrected chi connectivity index (χ2v) is 6.23. The summed E-state index contributed by atoms with van der Waals surface area (Å²) < 4.78 is 3.75. The molecule has 0 radical (unpaired) electrons. The fourth-order valence-corrected chi connectivity index (χ4v) is 3.15. The highest BCUT2D eigenvalue weighted by Crippen LogP contribution is 2.20. The Morgan fingerprint density at radius 2 is 1.81 bits per heavy atom. The molecule has 0 aliphatic rings. The van der Waals surface area contributed by atoms with Crippen LogP contribution in [0.3, 0.4) is 0 Å². The lowest BCUT2D eigenvalue weighted by molar-refractivity contribution is 0.699. The fraction of sp³-hybridized carbons (Fsp3) is 0.188. The highest BCUT2D eigenvalue weighted by Gasteiger charge is 2.19. The minimum atomic E-state index is -0.490. The predicted octanol–water partition coefficient (Wildman–Crippen LogP) is 0.661. The molecule has 0 saturated carbocycles. The Morgan fingerprint density at radius 1 is 1.08 bits per heavy atom. The van der Waals surface area contributed by atoms with Gasteiger partial charge in [0, 0.05) is 19.5 Å². The zero-order valence-electron chi connectivity index (χ0n) is 14.0. The summed E-state index contributed by atoms with van der Waals surface area (Å²) in [6, 6.07) is 7.36. The van der Waals surface area contributed by atoms with Crippen LogP contribution in [0, 0.1) is 0 Å². The standard InChI is InChI=1S/C16H14ClN7O2/c1-22-13-11(14(25)23(2)16(22)26)24(15(17)21-13)7-10-19-9-6-4-3-5-8(9)12(18)20-10/h3-6H,7H2,1-2H3,(H2,18,19,20). The van der Waals surface area contributed by atoms with Crippen LogP contribution in [0.2, 0.25) is 5.28 Å². The van der Waals surface area contributed by atoms with Gasteiger partial charge < -0.3 is 10.3 Å². The number of hydrogen-bond acceptors (Lipinski definition) is 6. The first-order valence-electron chi connectivity index (χ1n) is 7.71. The number of hydrogen-bond donors (Lipinski definition) is 1. The van der Waals surface area contributed by atoms with Gasteiger partial charge >= 0.3 is 5.69 Å². The van der Waals surface area contributed by atoms with Crippen LogP contribution in [-0.2, 0) is 20.6 Å². The van der Waals surface area contributed by atoms with Crippen molar-refractivity contribution < 1.29 is 0 Å². The van der Waals surface area contributed by atoms with Gasteiger partial charge in [-0.05, 0) is 23.7 Å². The molecule has 0 unspecified atom stereocenters. The summed E-state index contributed by atoms with van der Waals surface area (Å²) in [4.78, 5) is 37.6. The molecule has 9 nitrogen and oxygen atoms in total. The van der Waals surface area contributed by atoms with Gasteiger partial charge in [-0.2, -0.15) is 4.98 Å². The van der Waals surface area contributed by atoms with Crippen LogP contribution in [0.1, 0.15) is 5.82 Å². The zero-order valence-corrected chi connectivity index (χ0v) is 14.7. The number of para-hydroxylation sites is 1. The van der Waals surface area contributed by atoms with E-state index in [9.17, 15) is 9.59 Å². The van der Waals surface area contributed by atoms with Crippen LogP contribution >= 0.6 is 11.6 Å². The van der Waals surface area contributed by atoms with E-state index in [1.54, 1.807) is 0 Å². The van der Waals surface area contributed by atoms with E-state index in [4.69, 9.17) is 17.3 Å². The van der Waals surface area contributed by atoms with Crippen LogP contribution in [0.5, 0.6) is 0 Å². The number of aromatic nitrogens is 6. The second kappa shape index (κ2) is 5.67. The predicted molar refractivity (Wildman–Crippen MR) is 98.3 cm³/mol. The third-order valence-corrected chi connectivity index (χ3v) is 4.57. The third-order valence-electron chi connectivity index (χ3n) is 4.28. The molecular formula is C16H14ClN7O2. The molecule has 0 amide bonds. The summed E-state index contributed by atoms with van der Waals surface area (Å²) in [5.74, 6) is 0.727. The Balaban J connectivity index is 1.95. The highest BCUT2D eigenvalue weighted by atomic mass is 35.5. The van der Waals surface area contributed by atoms with E-state index < -0.39 is 11.2 Å². The zero-order chi connectivity index (χ0) is 18.6. The summed E-state index contributed by atoms with van der Waals surface area (Å²) >= 11 is 6.23. The average molecular weight is 372 g/mol. The molecule has 0 bridgehead atoms. The van der Waals surface area contributed by atoms with Crippen molar-refractivity contribution in [3.63, 3.8) is 0 Å². The van der Waals surface area contributed by atoms with Gasteiger partial charge in [0.15, 0.2) is 17.0 Å². The Morgan fingerprint density at radius 3 is 2.58 bits per heavy atom. The lowest BCUT2D eigenvalue weighted by Gasteiger charge is -2.08. The van der Waals surface area contributed by atoms with E-state index in [-0.39, 0.29) is 23.0 Å². The van der Waals surface area contributed by atoms with Gasteiger partial charge in [-0.1, -0.05) is 12.1 Å². The summed E-state index contributed by atoms with van der Waals surface area (Å²) in [6.45, 7) is 0.0951. The molecule has 0 saturated heterocycles. The van der Waals surface area contributed by atoms with E-state index >= 15 is 0 Å². The van der Waals surface area contributed by atoms with Crippen molar-refractivity contribution in [3.8, 4) is 0 Å². The van der Waals surface area contributed by atoms with Crippen molar-refractivity contribution in [1.29, 1.82) is 0 Å². The molecule has 0 aliphatic carbocycles. The van der Waals surface area contributed by atoms with Crippen LogP contribution in [0.25, 0.3) is 22.1 Å². The molecule has 0 spiro atoms. The molecule has 0 aliphatic heterocycles. The molecule has 132 valence electrons. The van der Waals surface area contributed by atoms with Crippen molar-refractivity contribution >= 4 is 39.5 Å². The normalized spacial score (nSPS) is 11.5. The van der Waals surface area contributed by atoms with Crippen molar-refractivity contribution in [2.75, 3.05) is 5.73 Å². The minimum Gasteiger partial charge on any atom is -0.383 e. The smallest absolute Gasteiger partial charge is 0.332 e. The van der Waals surface area contributed by atoms with Crippen molar-refractivity contribution in [2.45, 2.75) is 6.54 Å². The number of nitrogen functional groups attached to an aromatic ring is 1. The largest absolute Gasteiger partial charge is 0.383 e. The maximum atomic E-state index is 12.6. The quantitative estimate of drug-likeness (QED) is 0.518. The molecule has 0 fully saturated rings. The van der Waals surface area contributed by atoms with Gasteiger partial charge in [-0.25, -0.2) is 14.8 Å². The maximum Gasteiger partial charge on any atom is 0.332 e. The average Bonchev–Trinajstić information content (AvgIpc) is 2.95. The first-order valence-corrected chi connectivity index (χ1v) is 8.09. The second-order valence-electron chi connectivity index (χ2n) is 5.89. The SMILES string of the molecule is Cn1c(=O)c2c(nc(Cl)n2Cc2nc(N)c3ccccc3n2)n(C)c1=O. The number of halogens is 1. The van der Waals surface area contributed by atoms with Crippen molar-refractivity contribution in [2.24, 2.45) is 14.1 Å². The van der Waals surface area contributed by atoms with E-state index in [1.165, 1.54) is 23.2 Å². The maximum absolute atomic E-state index is 12.6. The first-order chi connectivity index (χ1) is 12.4. The van der Waals surface area contributed by atoms with Gasteiger partial charge in [0.05, 0.1) is 12.1 Å². The molecule has 4 aromatic rings. The van der Waals surface area contributed by atoms with E-state index in [0.29, 0.717) is 17.2 Å². The summed E-state index contributed by atoms with van der Waals surface area (Å²) in [5.41, 5.74) is 6.15. The fourth-order valence-electron chi connectivity index (χ4n) is 2.93. The Kier molecular flexibility index (Phi) is 3.55. The van der Waals surface area contributed by atoms with Crippen LogP contribution < -0.4 is 17.0 Å². The number of benzene rings is 1. The van der Waals surface area contributed by atoms with Crippen LogP contribution in [-0.4, -0.2) is 28.7 Å². The van der Waals surface area contributed by atoms with Crippen molar-refractivity contribution in [3.05, 3.63) is 56.2 Å². The van der Waals surface area contributed by atoms with Gasteiger partial charge in [0.1, 0.15) is 5.82 Å². The summed E-state index contributed by atoms with van der Waals surface area (Å²) in [5, 5.41) is 0.810. The van der Waals surface area contributed by atoms with E-state index in [0.717, 1.165) is 9.95 Å². The van der Waals surface area contributed by atoms with Crippen molar-refractivity contribution in [1.82, 2.24) is 28.7 Å². The molecule has 1 aromatic carbocycles. The Bertz CT molecular complexity index is 1300. The van der Waals surface area contributed by atoms with Gasteiger partial charge in [-0.15, -0.1) is 0 Å². The van der Waals surface area contributed by atoms with E-state index in [2.05, 4.69) is 15.0 Å². The molecule has 0 atom stereocenters. The molecule has 3 heterocycles. The van der Waals surface area contributed by atoms with E-state index in [1.807, 2.05) is 24.3 Å². The van der Waals surface area contributed by atoms with Gasteiger partial charge in [0.25, 0.3) is 5.56 Å². The minimum absolute atomic E-state index is 0.0635. The van der Waals surface area contributed by atoms with Gasteiger partial charge in [0.2, 0.25) is 5.28 Å². The third kappa shape index (κ3) is 2.28. The topological polar surface area (TPSA) is 114 Å². The lowest BCUT2D eigenvalue weighted by atomic mass is 10.2. The number of anilines is 1. The molecule has 4 rings (SSSR count). The number of imidazole rings is 1. The monoisotopic (exact) mass is 371 g/mol. The number of fused-ring (bicyclic) bond motifs is 2. The molecule has 26 heavy (non-hydrogen) atoms. The molecule has 2 N–H and O–H groups in total. The number of rotatable bonds is 2.